The van der Waals surface area contributed by atoms with Crippen LogP contribution in [0.4, 0.5) is 11.4 Å². The summed E-state index contributed by atoms with van der Waals surface area (Å²) in [4.78, 5) is 0. The van der Waals surface area contributed by atoms with Crippen LogP contribution in [0.1, 0.15) is 5.56 Å². The molecule has 16 heavy (non-hydrogen) atoms. The summed E-state index contributed by atoms with van der Waals surface area (Å²) in [5.74, 6) is 0. The van der Waals surface area contributed by atoms with Crippen molar-refractivity contribution in [2.24, 2.45) is 0 Å². The van der Waals surface area contributed by atoms with E-state index in [-0.39, 0.29) is 0 Å². The summed E-state index contributed by atoms with van der Waals surface area (Å²) in [5, 5.41) is 3.16. The lowest BCUT2D eigenvalue weighted by Crippen LogP contribution is -1.93. The number of hydrogen-bond acceptors (Lipinski definition) is 2. The quantitative estimate of drug-likeness (QED) is 0.762. The molecular weight excluding hydrogens is 196 g/mol. The van der Waals surface area contributed by atoms with Crippen molar-refractivity contribution in [1.29, 1.82) is 0 Å². The van der Waals surface area contributed by atoms with Crippen molar-refractivity contribution in [1.82, 2.24) is 0 Å². The fourth-order valence-corrected chi connectivity index (χ4v) is 1.42. The lowest BCUT2D eigenvalue weighted by Gasteiger charge is -2.03. The molecule has 0 radical (unpaired) electrons. The van der Waals surface area contributed by atoms with Gasteiger partial charge in [-0.3, -0.25) is 0 Å². The van der Waals surface area contributed by atoms with E-state index in [1.165, 1.54) is 0 Å². The summed E-state index contributed by atoms with van der Waals surface area (Å²) in [6, 6.07) is 17.8. The van der Waals surface area contributed by atoms with Crippen LogP contribution in [0.5, 0.6) is 0 Å². The number of nitrogens with two attached hydrogens (primary N) is 1. The van der Waals surface area contributed by atoms with Crippen LogP contribution < -0.4 is 11.1 Å². The van der Waals surface area contributed by atoms with Gasteiger partial charge in [-0.2, -0.15) is 0 Å². The number of para-hydroxylation sites is 2. The van der Waals surface area contributed by atoms with Crippen LogP contribution in [0.3, 0.4) is 0 Å². The lowest BCUT2D eigenvalue weighted by atomic mass is 10.2. The van der Waals surface area contributed by atoms with Crippen LogP contribution in [0.15, 0.2) is 60.8 Å². The molecule has 2 heteroatoms. The summed E-state index contributed by atoms with van der Waals surface area (Å²) in [6.07, 6.45) is 3.90. The summed E-state index contributed by atoms with van der Waals surface area (Å²) in [5.41, 5.74) is 8.64. The largest absolute Gasteiger partial charge is 0.397 e. The fourth-order valence-electron chi connectivity index (χ4n) is 1.42. The molecular formula is C14H14N2. The second-order valence-corrected chi connectivity index (χ2v) is 3.48. The molecule has 3 N–H and O–H groups in total. The highest BCUT2D eigenvalue weighted by atomic mass is 14.9. The van der Waals surface area contributed by atoms with Crippen molar-refractivity contribution in [3.05, 3.63) is 66.4 Å². The Morgan fingerprint density at radius 1 is 0.875 bits per heavy atom. The Hall–Kier alpha value is -2.22. The minimum atomic E-state index is 0.750. The van der Waals surface area contributed by atoms with Crippen LogP contribution in [0.2, 0.25) is 0 Å². The molecule has 2 aromatic rings. The molecule has 0 spiro atoms. The van der Waals surface area contributed by atoms with Gasteiger partial charge in [0.05, 0.1) is 11.4 Å². The van der Waals surface area contributed by atoms with Crippen LogP contribution in [0, 0.1) is 0 Å². The molecule has 0 fully saturated rings. The van der Waals surface area contributed by atoms with Gasteiger partial charge in [0.25, 0.3) is 0 Å². The number of nitrogen functional groups attached to an aromatic ring is 1. The average Bonchev–Trinajstić information content (AvgIpc) is 2.33. The van der Waals surface area contributed by atoms with Crippen LogP contribution in [0.25, 0.3) is 6.08 Å². The fraction of sp³-hybridized carbons (Fsp3) is 0. The molecule has 0 aromatic heterocycles. The van der Waals surface area contributed by atoms with Gasteiger partial charge in [0.2, 0.25) is 0 Å². The number of benzene rings is 2. The van der Waals surface area contributed by atoms with Gasteiger partial charge >= 0.3 is 0 Å². The SMILES string of the molecule is Nc1ccccc1NC=Cc1ccccc1. The Labute approximate surface area is 95.4 Å². The van der Waals surface area contributed by atoms with Gasteiger partial charge < -0.3 is 11.1 Å². The predicted octanol–water partition coefficient (Wildman–Crippen LogP) is 3.35. The second kappa shape index (κ2) is 5.03. The van der Waals surface area contributed by atoms with Crippen molar-refractivity contribution in [2.45, 2.75) is 0 Å². The van der Waals surface area contributed by atoms with Gasteiger partial charge in [-0.25, -0.2) is 0 Å². The maximum atomic E-state index is 5.80. The summed E-state index contributed by atoms with van der Waals surface area (Å²) >= 11 is 0. The van der Waals surface area contributed by atoms with E-state index < -0.39 is 0 Å². The molecule has 0 aliphatic carbocycles. The highest BCUT2D eigenvalue weighted by Crippen LogP contribution is 2.16. The minimum absolute atomic E-state index is 0.750. The van der Waals surface area contributed by atoms with E-state index in [0.717, 1.165) is 16.9 Å². The van der Waals surface area contributed by atoms with E-state index in [4.69, 9.17) is 5.73 Å². The summed E-state index contributed by atoms with van der Waals surface area (Å²) in [6.45, 7) is 0. The molecule has 0 aliphatic rings. The molecule has 0 heterocycles. The molecule has 0 bridgehead atoms. The smallest absolute Gasteiger partial charge is 0.0613 e. The monoisotopic (exact) mass is 210 g/mol. The van der Waals surface area contributed by atoms with Crippen molar-refractivity contribution in [2.75, 3.05) is 11.1 Å². The molecule has 2 aromatic carbocycles. The van der Waals surface area contributed by atoms with Gasteiger partial charge in [0, 0.05) is 6.20 Å². The topological polar surface area (TPSA) is 38.0 Å². The molecule has 0 unspecified atom stereocenters. The molecule has 0 saturated heterocycles. The summed E-state index contributed by atoms with van der Waals surface area (Å²) < 4.78 is 0. The Kier molecular flexibility index (Phi) is 3.24. The van der Waals surface area contributed by atoms with Gasteiger partial charge in [-0.1, -0.05) is 42.5 Å². The van der Waals surface area contributed by atoms with Crippen LogP contribution in [-0.4, -0.2) is 0 Å². The zero-order valence-electron chi connectivity index (χ0n) is 8.93. The van der Waals surface area contributed by atoms with E-state index in [1.807, 2.05) is 66.9 Å². The first-order valence-corrected chi connectivity index (χ1v) is 5.19. The predicted molar refractivity (Wildman–Crippen MR) is 70.0 cm³/mol. The van der Waals surface area contributed by atoms with Gasteiger partial charge in [-0.05, 0) is 23.8 Å². The minimum Gasteiger partial charge on any atom is -0.397 e. The maximum absolute atomic E-state index is 5.80. The Bertz CT molecular complexity index is 475. The van der Waals surface area contributed by atoms with Crippen molar-refractivity contribution >= 4 is 17.5 Å². The maximum Gasteiger partial charge on any atom is 0.0613 e. The van der Waals surface area contributed by atoms with Crippen LogP contribution >= 0.6 is 0 Å². The molecule has 0 amide bonds. The van der Waals surface area contributed by atoms with E-state index in [2.05, 4.69) is 5.32 Å². The third-order valence-corrected chi connectivity index (χ3v) is 2.27. The first-order chi connectivity index (χ1) is 7.86. The first-order valence-electron chi connectivity index (χ1n) is 5.19. The standard InChI is InChI=1S/C14H14N2/c15-13-8-4-5-9-14(13)16-11-10-12-6-2-1-3-7-12/h1-11,16H,15H2. The lowest BCUT2D eigenvalue weighted by molar-refractivity contribution is 1.58. The third kappa shape index (κ3) is 2.64. The normalized spacial score (nSPS) is 10.5. The molecule has 2 nitrogen and oxygen atoms in total. The highest BCUT2D eigenvalue weighted by molar-refractivity contribution is 5.68. The van der Waals surface area contributed by atoms with Crippen LogP contribution in [-0.2, 0) is 0 Å². The molecule has 0 atom stereocenters. The van der Waals surface area contributed by atoms with Gasteiger partial charge in [-0.15, -0.1) is 0 Å². The van der Waals surface area contributed by atoms with E-state index >= 15 is 0 Å². The van der Waals surface area contributed by atoms with Gasteiger partial charge in [0.15, 0.2) is 0 Å². The number of anilines is 2. The molecule has 0 saturated carbocycles. The Balaban J connectivity index is 2.03. The van der Waals surface area contributed by atoms with Crippen molar-refractivity contribution < 1.29 is 0 Å². The number of hydrogen-bond donors (Lipinski definition) is 2. The summed E-state index contributed by atoms with van der Waals surface area (Å²) in [7, 11) is 0. The first kappa shape index (κ1) is 10.3. The van der Waals surface area contributed by atoms with E-state index in [0.29, 0.717) is 0 Å². The third-order valence-electron chi connectivity index (χ3n) is 2.27. The second-order valence-electron chi connectivity index (χ2n) is 3.48. The van der Waals surface area contributed by atoms with E-state index in [1.54, 1.807) is 0 Å². The average molecular weight is 210 g/mol. The van der Waals surface area contributed by atoms with Crippen molar-refractivity contribution in [3.63, 3.8) is 0 Å². The van der Waals surface area contributed by atoms with E-state index in [9.17, 15) is 0 Å². The zero-order valence-corrected chi connectivity index (χ0v) is 8.93. The zero-order chi connectivity index (χ0) is 11.2. The van der Waals surface area contributed by atoms with Crippen molar-refractivity contribution in [3.8, 4) is 0 Å². The number of rotatable bonds is 3. The molecule has 80 valence electrons. The number of nitrogens with one attached hydrogen (secondary N) is 1. The highest BCUT2D eigenvalue weighted by Gasteiger charge is 1.92. The Morgan fingerprint density at radius 2 is 1.56 bits per heavy atom. The van der Waals surface area contributed by atoms with Gasteiger partial charge in [0.1, 0.15) is 0 Å². The Morgan fingerprint density at radius 3 is 2.31 bits per heavy atom. The molecule has 2 rings (SSSR count). The molecule has 0 aliphatic heterocycles.